The number of amides is 1. The van der Waals surface area contributed by atoms with E-state index in [1.54, 1.807) is 30.3 Å². The van der Waals surface area contributed by atoms with Gasteiger partial charge in [-0.1, -0.05) is 34.1 Å². The molecule has 0 fully saturated rings. The molecule has 2 rings (SSSR count). The van der Waals surface area contributed by atoms with Crippen LogP contribution < -0.4 is 5.43 Å². The number of carbonyl (C=O) groups excluding carboxylic acids is 1. The van der Waals surface area contributed by atoms with E-state index in [2.05, 4.69) is 26.5 Å². The van der Waals surface area contributed by atoms with Crippen molar-refractivity contribution in [2.45, 2.75) is 0 Å². The van der Waals surface area contributed by atoms with E-state index in [9.17, 15) is 9.59 Å². The lowest BCUT2D eigenvalue weighted by molar-refractivity contribution is 0.0696. The van der Waals surface area contributed by atoms with Gasteiger partial charge in [0.05, 0.1) is 11.8 Å². The molecule has 0 heterocycles. The molecule has 0 bridgehead atoms. The number of nitrogens with zero attached hydrogens (tertiary/aromatic N) is 1. The second-order valence-electron chi connectivity index (χ2n) is 4.14. The number of carboxylic acids is 1. The highest BCUT2D eigenvalue weighted by Crippen LogP contribution is 2.11. The Morgan fingerprint density at radius 2 is 1.81 bits per heavy atom. The molecular formula is C15H11BrN2O3. The van der Waals surface area contributed by atoms with Crippen LogP contribution in [-0.4, -0.2) is 23.2 Å². The first-order chi connectivity index (χ1) is 10.1. The predicted molar refractivity (Wildman–Crippen MR) is 82.6 cm³/mol. The van der Waals surface area contributed by atoms with Gasteiger partial charge in [0.15, 0.2) is 0 Å². The molecule has 0 aliphatic heterocycles. The number of carboxylic acid groups (broad SMARTS) is 1. The molecule has 2 aromatic rings. The van der Waals surface area contributed by atoms with E-state index >= 15 is 0 Å². The van der Waals surface area contributed by atoms with Gasteiger partial charge in [0.1, 0.15) is 0 Å². The Labute approximate surface area is 129 Å². The summed E-state index contributed by atoms with van der Waals surface area (Å²) in [5, 5.41) is 12.6. The van der Waals surface area contributed by atoms with Crippen molar-refractivity contribution < 1.29 is 14.7 Å². The minimum atomic E-state index is -0.985. The molecule has 0 aliphatic rings. The van der Waals surface area contributed by atoms with E-state index in [1.807, 2.05) is 6.07 Å². The summed E-state index contributed by atoms with van der Waals surface area (Å²) in [7, 11) is 0. The number of hydrogen-bond acceptors (Lipinski definition) is 3. The van der Waals surface area contributed by atoms with Gasteiger partial charge in [-0.3, -0.25) is 4.79 Å². The molecule has 2 aromatic carbocycles. The molecule has 0 saturated carbocycles. The second-order valence-corrected chi connectivity index (χ2v) is 5.05. The van der Waals surface area contributed by atoms with Crippen LogP contribution in [-0.2, 0) is 0 Å². The van der Waals surface area contributed by atoms with E-state index in [0.717, 1.165) is 4.47 Å². The fraction of sp³-hybridized carbons (Fsp3) is 0. The summed E-state index contributed by atoms with van der Waals surface area (Å²) in [6.45, 7) is 0. The third kappa shape index (κ3) is 4.25. The molecule has 106 valence electrons. The van der Waals surface area contributed by atoms with Gasteiger partial charge in [-0.15, -0.1) is 0 Å². The van der Waals surface area contributed by atoms with Crippen molar-refractivity contribution in [3.05, 3.63) is 69.7 Å². The Balaban J connectivity index is 1.99. The Kier molecular flexibility index (Phi) is 4.84. The molecule has 0 saturated heterocycles. The number of nitrogens with one attached hydrogen (secondary N) is 1. The Hall–Kier alpha value is -2.47. The number of hydrogen-bond donors (Lipinski definition) is 2. The molecule has 1 amide bonds. The van der Waals surface area contributed by atoms with Gasteiger partial charge in [0.2, 0.25) is 0 Å². The van der Waals surface area contributed by atoms with Crippen molar-refractivity contribution in [2.75, 3.05) is 0 Å². The number of aromatic carboxylic acids is 1. The van der Waals surface area contributed by atoms with Gasteiger partial charge < -0.3 is 5.11 Å². The normalized spacial score (nSPS) is 10.5. The molecule has 0 radical (unpaired) electrons. The smallest absolute Gasteiger partial charge is 0.335 e. The molecule has 0 atom stereocenters. The molecule has 21 heavy (non-hydrogen) atoms. The van der Waals surface area contributed by atoms with E-state index in [-0.39, 0.29) is 11.5 Å². The highest BCUT2D eigenvalue weighted by atomic mass is 79.9. The largest absolute Gasteiger partial charge is 0.478 e. The van der Waals surface area contributed by atoms with Crippen LogP contribution in [0.15, 0.2) is 58.1 Å². The minimum Gasteiger partial charge on any atom is -0.478 e. The molecule has 0 aliphatic carbocycles. The van der Waals surface area contributed by atoms with Crippen molar-refractivity contribution in [1.29, 1.82) is 0 Å². The van der Waals surface area contributed by atoms with Crippen molar-refractivity contribution in [2.24, 2.45) is 5.10 Å². The lowest BCUT2D eigenvalue weighted by atomic mass is 10.1. The van der Waals surface area contributed by atoms with Crippen LogP contribution >= 0.6 is 15.9 Å². The standard InChI is InChI=1S/C15H11BrN2O3/c16-13-3-1-2-12(8-13)14(19)18-17-9-10-4-6-11(7-5-10)15(20)21/h1-9H,(H,18,19)(H,20,21)/b17-9+. The third-order valence-corrected chi connectivity index (χ3v) is 3.12. The first-order valence-corrected chi connectivity index (χ1v) is 6.78. The van der Waals surface area contributed by atoms with E-state index in [4.69, 9.17) is 5.11 Å². The Morgan fingerprint density at radius 3 is 2.43 bits per heavy atom. The summed E-state index contributed by atoms with van der Waals surface area (Å²) in [6.07, 6.45) is 1.45. The van der Waals surface area contributed by atoms with Gasteiger partial charge in [-0.25, -0.2) is 10.2 Å². The monoisotopic (exact) mass is 346 g/mol. The van der Waals surface area contributed by atoms with E-state index in [0.29, 0.717) is 11.1 Å². The fourth-order valence-electron chi connectivity index (χ4n) is 1.57. The van der Waals surface area contributed by atoms with Gasteiger partial charge >= 0.3 is 5.97 Å². The maximum absolute atomic E-state index is 11.8. The molecule has 0 unspecified atom stereocenters. The van der Waals surface area contributed by atoms with E-state index in [1.165, 1.54) is 18.3 Å². The Bertz CT molecular complexity index is 696. The van der Waals surface area contributed by atoms with Gasteiger partial charge in [-0.2, -0.15) is 5.10 Å². The van der Waals surface area contributed by atoms with Crippen LogP contribution in [0, 0.1) is 0 Å². The highest BCUT2D eigenvalue weighted by molar-refractivity contribution is 9.10. The molecule has 6 heteroatoms. The van der Waals surface area contributed by atoms with Crippen molar-refractivity contribution in [3.63, 3.8) is 0 Å². The first-order valence-electron chi connectivity index (χ1n) is 5.98. The number of halogens is 1. The minimum absolute atomic E-state index is 0.199. The summed E-state index contributed by atoms with van der Waals surface area (Å²) >= 11 is 3.29. The van der Waals surface area contributed by atoms with Crippen LogP contribution in [0.5, 0.6) is 0 Å². The summed E-state index contributed by atoms with van der Waals surface area (Å²) < 4.78 is 0.809. The summed E-state index contributed by atoms with van der Waals surface area (Å²) in [5.41, 5.74) is 3.78. The van der Waals surface area contributed by atoms with Crippen LogP contribution in [0.2, 0.25) is 0 Å². The quantitative estimate of drug-likeness (QED) is 0.659. The lowest BCUT2D eigenvalue weighted by Gasteiger charge is -2.00. The maximum atomic E-state index is 11.8. The van der Waals surface area contributed by atoms with Crippen molar-refractivity contribution in [1.82, 2.24) is 5.43 Å². The fourth-order valence-corrected chi connectivity index (χ4v) is 1.97. The van der Waals surface area contributed by atoms with Crippen LogP contribution in [0.4, 0.5) is 0 Å². The number of rotatable bonds is 4. The van der Waals surface area contributed by atoms with Crippen LogP contribution in [0.1, 0.15) is 26.3 Å². The topological polar surface area (TPSA) is 78.8 Å². The van der Waals surface area contributed by atoms with Crippen LogP contribution in [0.3, 0.4) is 0 Å². The van der Waals surface area contributed by atoms with Crippen molar-refractivity contribution >= 4 is 34.0 Å². The lowest BCUT2D eigenvalue weighted by Crippen LogP contribution is -2.17. The number of hydrazone groups is 1. The Morgan fingerprint density at radius 1 is 1.10 bits per heavy atom. The average molecular weight is 347 g/mol. The zero-order valence-electron chi connectivity index (χ0n) is 10.8. The second kappa shape index (κ2) is 6.81. The van der Waals surface area contributed by atoms with Gasteiger partial charge in [0, 0.05) is 10.0 Å². The zero-order valence-corrected chi connectivity index (χ0v) is 12.4. The zero-order chi connectivity index (χ0) is 15.2. The number of benzene rings is 2. The van der Waals surface area contributed by atoms with Crippen LogP contribution in [0.25, 0.3) is 0 Å². The molecule has 0 aromatic heterocycles. The summed E-state index contributed by atoms with van der Waals surface area (Å²) in [4.78, 5) is 22.5. The number of carbonyl (C=O) groups is 2. The first kappa shape index (κ1) is 14.9. The highest BCUT2D eigenvalue weighted by Gasteiger charge is 2.04. The predicted octanol–water partition coefficient (Wildman–Crippen LogP) is 2.91. The van der Waals surface area contributed by atoms with Gasteiger partial charge in [-0.05, 0) is 35.9 Å². The summed E-state index contributed by atoms with van der Waals surface area (Å²) in [6, 6.07) is 13.1. The molecular weight excluding hydrogens is 336 g/mol. The van der Waals surface area contributed by atoms with Crippen molar-refractivity contribution in [3.8, 4) is 0 Å². The average Bonchev–Trinajstić information content (AvgIpc) is 2.47. The molecule has 0 spiro atoms. The SMILES string of the molecule is O=C(O)c1ccc(/C=N/NC(=O)c2cccc(Br)c2)cc1. The van der Waals surface area contributed by atoms with Gasteiger partial charge in [0.25, 0.3) is 5.91 Å². The molecule has 2 N–H and O–H groups in total. The molecule has 5 nitrogen and oxygen atoms in total. The third-order valence-electron chi connectivity index (χ3n) is 2.62. The van der Waals surface area contributed by atoms with E-state index < -0.39 is 5.97 Å². The summed E-state index contributed by atoms with van der Waals surface area (Å²) in [5.74, 6) is -1.31. The maximum Gasteiger partial charge on any atom is 0.335 e.